The fourth-order valence-electron chi connectivity index (χ4n) is 4.32. The van der Waals surface area contributed by atoms with Gasteiger partial charge in [-0.05, 0) is 24.6 Å². The molecule has 162 valence electrons. The Labute approximate surface area is 182 Å². The Morgan fingerprint density at radius 2 is 1.48 bits per heavy atom. The van der Waals surface area contributed by atoms with Crippen LogP contribution < -0.4 is 0 Å². The van der Waals surface area contributed by atoms with E-state index >= 15 is 0 Å². The van der Waals surface area contributed by atoms with Crippen LogP contribution in [0.15, 0.2) is 42.5 Å². The van der Waals surface area contributed by atoms with Crippen molar-refractivity contribution in [1.82, 2.24) is 9.80 Å². The van der Waals surface area contributed by atoms with Crippen LogP contribution in [0, 0.1) is 0 Å². The first-order valence-corrected chi connectivity index (χ1v) is 11.7. The molecule has 0 spiro atoms. The molecule has 1 aliphatic carbocycles. The molecule has 2 aromatic carbocycles. The summed E-state index contributed by atoms with van der Waals surface area (Å²) in [7, 11) is -2.55. The van der Waals surface area contributed by atoms with Gasteiger partial charge in [0.05, 0.1) is 0 Å². The molecule has 0 saturated carbocycles. The Balaban J connectivity index is 1.52. The van der Waals surface area contributed by atoms with Crippen molar-refractivity contribution >= 4 is 28.2 Å². The Kier molecular flexibility index (Phi) is 6.02. The van der Waals surface area contributed by atoms with Gasteiger partial charge >= 0.3 is 0 Å². The van der Waals surface area contributed by atoms with Crippen LogP contribution in [-0.2, 0) is 10.7 Å². The minimum atomic E-state index is -2.55. The molecule has 2 aliphatic rings. The van der Waals surface area contributed by atoms with E-state index in [4.69, 9.17) is 0 Å². The van der Waals surface area contributed by atoms with Crippen molar-refractivity contribution in [3.05, 3.63) is 70.3 Å². The highest BCUT2D eigenvalue weighted by molar-refractivity contribution is 7.73. The molecular formula is C23H24N2O5S. The molecule has 2 aromatic rings. The minimum Gasteiger partial charge on any atom is -0.336 e. The molecule has 31 heavy (non-hydrogen) atoms. The lowest BCUT2D eigenvalue weighted by molar-refractivity contribution is 0.0616. The number of ketones is 2. The summed E-state index contributed by atoms with van der Waals surface area (Å²) in [5.41, 5.74) is 1.65. The van der Waals surface area contributed by atoms with E-state index in [-0.39, 0.29) is 23.0 Å². The van der Waals surface area contributed by atoms with E-state index in [9.17, 15) is 22.8 Å². The number of rotatable bonds is 5. The number of benzene rings is 2. The molecule has 1 atom stereocenters. The fraction of sp³-hybridized carbons (Fsp3) is 0.348. The predicted molar refractivity (Wildman–Crippen MR) is 116 cm³/mol. The van der Waals surface area contributed by atoms with E-state index in [0.29, 0.717) is 54.9 Å². The Morgan fingerprint density at radius 1 is 0.903 bits per heavy atom. The van der Waals surface area contributed by atoms with Crippen molar-refractivity contribution in [1.29, 1.82) is 0 Å². The van der Waals surface area contributed by atoms with Crippen LogP contribution in [0.4, 0.5) is 0 Å². The largest absolute Gasteiger partial charge is 0.336 e. The average molecular weight is 441 g/mol. The van der Waals surface area contributed by atoms with E-state index in [1.807, 2.05) is 11.8 Å². The van der Waals surface area contributed by atoms with Crippen molar-refractivity contribution in [2.24, 2.45) is 0 Å². The van der Waals surface area contributed by atoms with Gasteiger partial charge in [0, 0.05) is 54.0 Å². The molecule has 0 aromatic heterocycles. The lowest BCUT2D eigenvalue weighted by Gasteiger charge is -2.37. The highest BCUT2D eigenvalue weighted by Crippen LogP contribution is 2.28. The maximum Gasteiger partial charge on any atom is 0.253 e. The molecule has 0 bridgehead atoms. The van der Waals surface area contributed by atoms with Crippen molar-refractivity contribution in [2.45, 2.75) is 25.1 Å². The Morgan fingerprint density at radius 3 is 2.06 bits per heavy atom. The molecule has 8 heteroatoms. The Bertz CT molecular complexity index is 1120. The third-order valence-corrected chi connectivity index (χ3v) is 7.06. The van der Waals surface area contributed by atoms with Crippen LogP contribution in [0.2, 0.25) is 0 Å². The lowest BCUT2D eigenvalue weighted by atomic mass is 9.83. The van der Waals surface area contributed by atoms with Crippen LogP contribution in [-0.4, -0.2) is 67.2 Å². The van der Waals surface area contributed by atoms with Crippen molar-refractivity contribution in [2.75, 3.05) is 26.2 Å². The van der Waals surface area contributed by atoms with Crippen LogP contribution in [0.5, 0.6) is 0 Å². The molecule has 1 unspecified atom stereocenters. The van der Waals surface area contributed by atoms with Crippen LogP contribution >= 0.6 is 0 Å². The lowest BCUT2D eigenvalue weighted by Crippen LogP contribution is -2.52. The third kappa shape index (κ3) is 3.93. The Hall–Kier alpha value is -2.84. The zero-order chi connectivity index (χ0) is 22.1. The number of hydrogen-bond acceptors (Lipinski definition) is 6. The number of nitrogens with zero attached hydrogens (tertiary/aromatic N) is 2. The number of piperazine rings is 1. The van der Waals surface area contributed by atoms with E-state index in [0.717, 1.165) is 6.42 Å². The quantitative estimate of drug-likeness (QED) is 0.610. The third-order valence-electron chi connectivity index (χ3n) is 5.99. The zero-order valence-corrected chi connectivity index (χ0v) is 18.1. The number of carbonyl (C=O) groups excluding carboxylic acids is 3. The number of carbonyl (C=O) groups is 3. The van der Waals surface area contributed by atoms with Crippen LogP contribution in [0.25, 0.3) is 0 Å². The second kappa shape index (κ2) is 8.72. The van der Waals surface area contributed by atoms with Crippen molar-refractivity contribution < 1.29 is 22.8 Å². The van der Waals surface area contributed by atoms with E-state index in [1.165, 1.54) is 6.07 Å². The van der Waals surface area contributed by atoms with Gasteiger partial charge in [-0.15, -0.1) is 0 Å². The van der Waals surface area contributed by atoms with Gasteiger partial charge in [0.25, 0.3) is 5.91 Å². The van der Waals surface area contributed by atoms with E-state index < -0.39 is 16.1 Å². The van der Waals surface area contributed by atoms with Crippen molar-refractivity contribution in [3.63, 3.8) is 0 Å². The minimum absolute atomic E-state index is 0.216. The standard InChI is InChI=1S/C23H24N2O5S/c1-2-5-20(31(29)30)24-10-12-25(13-11-24)23(28)15-8-9-18-19(14-15)22(27)17-7-4-3-6-16(17)21(18)26/h3-4,6-9,14,20,31H,2,5,10-13H2,1H3. The first-order chi connectivity index (χ1) is 14.9. The summed E-state index contributed by atoms with van der Waals surface area (Å²) in [6.07, 6.45) is 1.35. The summed E-state index contributed by atoms with van der Waals surface area (Å²) in [4.78, 5) is 42.3. The maximum atomic E-state index is 13.0. The number of hydrogen-bond donors (Lipinski definition) is 1. The monoisotopic (exact) mass is 440 g/mol. The summed E-state index contributed by atoms with van der Waals surface area (Å²) in [6, 6.07) is 11.3. The van der Waals surface area contributed by atoms with E-state index in [2.05, 4.69) is 0 Å². The molecular weight excluding hydrogens is 416 g/mol. The van der Waals surface area contributed by atoms with Gasteiger partial charge in [-0.3, -0.25) is 19.3 Å². The summed E-state index contributed by atoms with van der Waals surface area (Å²) in [6.45, 7) is 3.74. The smallest absolute Gasteiger partial charge is 0.253 e. The highest BCUT2D eigenvalue weighted by Gasteiger charge is 2.32. The van der Waals surface area contributed by atoms with Gasteiger partial charge in [-0.25, -0.2) is 8.42 Å². The molecule has 1 aliphatic heterocycles. The van der Waals surface area contributed by atoms with Gasteiger partial charge in [-0.1, -0.05) is 37.6 Å². The molecule has 0 N–H and O–H groups in total. The molecule has 1 heterocycles. The summed E-state index contributed by atoms with van der Waals surface area (Å²) in [5.74, 6) is -0.696. The predicted octanol–water partition coefficient (Wildman–Crippen LogP) is 1.96. The summed E-state index contributed by atoms with van der Waals surface area (Å²) in [5, 5.41) is -0.496. The topological polar surface area (TPSA) is 91.8 Å². The van der Waals surface area contributed by atoms with Crippen LogP contribution in [0.1, 0.15) is 62.0 Å². The molecule has 1 amide bonds. The summed E-state index contributed by atoms with van der Waals surface area (Å²) >= 11 is 0. The van der Waals surface area contributed by atoms with Gasteiger partial charge in [0.15, 0.2) is 22.3 Å². The molecule has 1 saturated heterocycles. The van der Waals surface area contributed by atoms with Crippen molar-refractivity contribution in [3.8, 4) is 0 Å². The first-order valence-electron chi connectivity index (χ1n) is 10.4. The van der Waals surface area contributed by atoms with Crippen LogP contribution in [0.3, 0.4) is 0 Å². The number of thiol groups is 1. The maximum absolute atomic E-state index is 13.0. The normalized spacial score (nSPS) is 17.4. The zero-order valence-electron chi connectivity index (χ0n) is 17.2. The molecule has 4 rings (SSSR count). The SMILES string of the molecule is CCCC(N1CCN(C(=O)c2ccc3c(c2)C(=O)c2ccccc2C3=O)CC1)[SH](=O)=O. The second-order valence-corrected chi connectivity index (χ2v) is 9.01. The highest BCUT2D eigenvalue weighted by atomic mass is 32.2. The number of fused-ring (bicyclic) bond motifs is 2. The van der Waals surface area contributed by atoms with Gasteiger partial charge in [-0.2, -0.15) is 0 Å². The fourth-order valence-corrected chi connectivity index (χ4v) is 5.28. The van der Waals surface area contributed by atoms with Gasteiger partial charge in [0.1, 0.15) is 5.37 Å². The molecule has 7 nitrogen and oxygen atoms in total. The molecule has 0 radical (unpaired) electrons. The van der Waals surface area contributed by atoms with Gasteiger partial charge in [0.2, 0.25) is 0 Å². The average Bonchev–Trinajstić information content (AvgIpc) is 2.80. The van der Waals surface area contributed by atoms with E-state index in [1.54, 1.807) is 41.3 Å². The molecule has 1 fully saturated rings. The summed E-state index contributed by atoms with van der Waals surface area (Å²) < 4.78 is 23.1. The second-order valence-electron chi connectivity index (χ2n) is 7.85. The number of amides is 1. The first kappa shape index (κ1) is 21.4. The van der Waals surface area contributed by atoms with Gasteiger partial charge < -0.3 is 4.90 Å².